The van der Waals surface area contributed by atoms with E-state index < -0.39 is 0 Å². The minimum atomic E-state index is -0.0257. The molecule has 5 rings (SSSR count). The number of nitrogen functional groups attached to an aromatic ring is 1. The summed E-state index contributed by atoms with van der Waals surface area (Å²) >= 11 is 0. The van der Waals surface area contributed by atoms with Gasteiger partial charge in [-0.05, 0) is 42.0 Å². The van der Waals surface area contributed by atoms with E-state index >= 15 is 0 Å². The topological polar surface area (TPSA) is 121 Å². The molecule has 4 aromatic heterocycles. The third-order valence-electron chi connectivity index (χ3n) is 4.60. The zero-order valence-electron chi connectivity index (χ0n) is 15.2. The van der Waals surface area contributed by atoms with Gasteiger partial charge in [0.25, 0.3) is 0 Å². The average molecular weight is 384 g/mol. The first-order chi connectivity index (χ1) is 14.2. The second-order valence-electron chi connectivity index (χ2n) is 6.39. The number of aromatic nitrogens is 7. The molecule has 0 radical (unpaired) electrons. The number of nitrogens with two attached hydrogens (primary N) is 1. The molecule has 0 bridgehead atoms. The summed E-state index contributed by atoms with van der Waals surface area (Å²) in [4.78, 5) is 13.7. The number of hydrogen-bond acceptors (Lipinski definition) is 7. The highest BCUT2D eigenvalue weighted by atomic mass is 16.3. The number of nitrogens with zero attached hydrogens (tertiary/aromatic N) is 7. The van der Waals surface area contributed by atoms with Gasteiger partial charge in [-0.15, -0.1) is 5.10 Å². The van der Waals surface area contributed by atoms with Gasteiger partial charge in [0.1, 0.15) is 11.3 Å². The van der Waals surface area contributed by atoms with Gasteiger partial charge in [-0.2, -0.15) is 0 Å². The van der Waals surface area contributed by atoms with Gasteiger partial charge in [-0.1, -0.05) is 17.3 Å². The van der Waals surface area contributed by atoms with E-state index in [1.54, 1.807) is 23.3 Å². The molecule has 0 aliphatic rings. The Bertz CT molecular complexity index is 1290. The van der Waals surface area contributed by atoms with Crippen LogP contribution in [0.2, 0.25) is 0 Å². The molecule has 0 aliphatic heterocycles. The van der Waals surface area contributed by atoms with Crippen molar-refractivity contribution >= 4 is 17.0 Å². The van der Waals surface area contributed by atoms with Crippen LogP contribution in [-0.2, 0) is 6.61 Å². The molecule has 0 fully saturated rings. The SMILES string of the molecule is Nc1ncccc1-c1nc2ccc(-n3ccnn3)nc2n1-c1ccc(CO)cc1. The van der Waals surface area contributed by atoms with Crippen LogP contribution in [0.3, 0.4) is 0 Å². The van der Waals surface area contributed by atoms with Crippen LogP contribution in [0, 0.1) is 0 Å². The summed E-state index contributed by atoms with van der Waals surface area (Å²) in [7, 11) is 0. The number of aliphatic hydroxyl groups excluding tert-OH is 1. The number of anilines is 1. The molecule has 5 aromatic rings. The summed E-state index contributed by atoms with van der Waals surface area (Å²) in [6.07, 6.45) is 4.96. The summed E-state index contributed by atoms with van der Waals surface area (Å²) in [6.45, 7) is -0.0257. The van der Waals surface area contributed by atoms with Gasteiger partial charge >= 0.3 is 0 Å². The largest absolute Gasteiger partial charge is 0.392 e. The first-order valence-electron chi connectivity index (χ1n) is 8.92. The Hall–Kier alpha value is -4.11. The second kappa shape index (κ2) is 6.80. The molecule has 0 spiro atoms. The van der Waals surface area contributed by atoms with Crippen LogP contribution in [-0.4, -0.2) is 39.6 Å². The molecule has 0 saturated carbocycles. The van der Waals surface area contributed by atoms with E-state index in [1.165, 1.54) is 0 Å². The lowest BCUT2D eigenvalue weighted by molar-refractivity contribution is 0.282. The summed E-state index contributed by atoms with van der Waals surface area (Å²) in [5, 5.41) is 17.2. The van der Waals surface area contributed by atoms with Gasteiger partial charge in [0.15, 0.2) is 17.3 Å². The third-order valence-corrected chi connectivity index (χ3v) is 4.60. The van der Waals surface area contributed by atoms with Gasteiger partial charge in [0.05, 0.1) is 24.6 Å². The fraction of sp³-hybridized carbons (Fsp3) is 0.0500. The van der Waals surface area contributed by atoms with E-state index in [0.717, 1.165) is 11.3 Å². The van der Waals surface area contributed by atoms with Crippen molar-refractivity contribution in [1.82, 2.24) is 34.5 Å². The smallest absolute Gasteiger partial charge is 0.167 e. The van der Waals surface area contributed by atoms with Crippen molar-refractivity contribution < 1.29 is 5.11 Å². The van der Waals surface area contributed by atoms with Crippen molar-refractivity contribution in [1.29, 1.82) is 0 Å². The van der Waals surface area contributed by atoms with Gasteiger partial charge in [0.2, 0.25) is 0 Å². The molecule has 9 nitrogen and oxygen atoms in total. The van der Waals surface area contributed by atoms with Crippen molar-refractivity contribution in [3.05, 3.63) is 72.7 Å². The molecule has 0 amide bonds. The zero-order valence-corrected chi connectivity index (χ0v) is 15.2. The highest BCUT2D eigenvalue weighted by Crippen LogP contribution is 2.30. The first-order valence-corrected chi connectivity index (χ1v) is 8.92. The minimum absolute atomic E-state index is 0.0257. The number of aliphatic hydroxyl groups is 1. The summed E-state index contributed by atoms with van der Waals surface area (Å²) < 4.78 is 3.51. The van der Waals surface area contributed by atoms with Crippen molar-refractivity contribution in [3.8, 4) is 22.9 Å². The number of benzene rings is 1. The van der Waals surface area contributed by atoms with E-state index in [-0.39, 0.29) is 6.61 Å². The van der Waals surface area contributed by atoms with E-state index in [4.69, 9.17) is 15.7 Å². The van der Waals surface area contributed by atoms with Crippen LogP contribution in [0.4, 0.5) is 5.82 Å². The lowest BCUT2D eigenvalue weighted by Crippen LogP contribution is -2.04. The highest BCUT2D eigenvalue weighted by molar-refractivity contribution is 5.83. The molecule has 142 valence electrons. The first kappa shape index (κ1) is 17.0. The standard InChI is InChI=1S/C20H16N8O/c21-18-15(2-1-9-22-18)19-24-16-7-8-17(27-11-10-23-26-27)25-20(16)28(19)14-5-3-13(12-29)4-6-14/h1-11,29H,12H2,(H2,21,22). The molecule has 3 N–H and O–H groups in total. The van der Waals surface area contributed by atoms with Crippen LogP contribution in [0.25, 0.3) is 34.1 Å². The van der Waals surface area contributed by atoms with E-state index in [0.29, 0.717) is 34.2 Å². The number of rotatable bonds is 4. The number of imidazole rings is 1. The second-order valence-corrected chi connectivity index (χ2v) is 6.39. The summed E-state index contributed by atoms with van der Waals surface area (Å²) in [6, 6.07) is 14.9. The summed E-state index contributed by atoms with van der Waals surface area (Å²) in [5.41, 5.74) is 9.85. The average Bonchev–Trinajstić information content (AvgIpc) is 3.42. The van der Waals surface area contributed by atoms with Gasteiger partial charge < -0.3 is 10.8 Å². The molecule has 1 aromatic carbocycles. The number of hydrogen-bond donors (Lipinski definition) is 2. The number of pyridine rings is 2. The molecule has 9 heteroatoms. The van der Waals surface area contributed by atoms with Gasteiger partial charge in [-0.3, -0.25) is 4.57 Å². The molecule has 0 atom stereocenters. The zero-order chi connectivity index (χ0) is 19.8. The molecular weight excluding hydrogens is 368 g/mol. The molecule has 0 unspecified atom stereocenters. The molecule has 0 aliphatic carbocycles. The monoisotopic (exact) mass is 384 g/mol. The van der Waals surface area contributed by atoms with E-state index in [1.807, 2.05) is 53.1 Å². The third kappa shape index (κ3) is 2.89. The highest BCUT2D eigenvalue weighted by Gasteiger charge is 2.18. The van der Waals surface area contributed by atoms with Crippen molar-refractivity contribution in [2.24, 2.45) is 0 Å². The van der Waals surface area contributed by atoms with Crippen LogP contribution < -0.4 is 5.73 Å². The number of fused-ring (bicyclic) bond motifs is 1. The predicted octanol–water partition coefficient (Wildman–Crippen LogP) is 2.14. The van der Waals surface area contributed by atoms with Crippen molar-refractivity contribution in [2.45, 2.75) is 6.61 Å². The Morgan fingerprint density at radius 2 is 1.83 bits per heavy atom. The lowest BCUT2D eigenvalue weighted by Gasteiger charge is -2.11. The van der Waals surface area contributed by atoms with E-state index in [9.17, 15) is 5.11 Å². The van der Waals surface area contributed by atoms with Gasteiger partial charge in [0, 0.05) is 11.9 Å². The molecule has 29 heavy (non-hydrogen) atoms. The van der Waals surface area contributed by atoms with E-state index in [2.05, 4.69) is 15.3 Å². The van der Waals surface area contributed by atoms with Crippen LogP contribution >= 0.6 is 0 Å². The minimum Gasteiger partial charge on any atom is -0.392 e. The fourth-order valence-electron chi connectivity index (χ4n) is 3.19. The quantitative estimate of drug-likeness (QED) is 0.487. The van der Waals surface area contributed by atoms with Crippen LogP contribution in [0.5, 0.6) is 0 Å². The van der Waals surface area contributed by atoms with Crippen LogP contribution in [0.15, 0.2) is 67.1 Å². The maximum absolute atomic E-state index is 9.37. The Kier molecular flexibility index (Phi) is 3.99. The summed E-state index contributed by atoms with van der Waals surface area (Å²) in [5.74, 6) is 1.63. The fourth-order valence-corrected chi connectivity index (χ4v) is 3.19. The maximum atomic E-state index is 9.37. The molecule has 0 saturated heterocycles. The Labute approximate surface area is 165 Å². The Morgan fingerprint density at radius 1 is 0.966 bits per heavy atom. The normalized spacial score (nSPS) is 11.2. The molecular formula is C20H16N8O. The Morgan fingerprint density at radius 3 is 2.55 bits per heavy atom. The Balaban J connectivity index is 1.80. The van der Waals surface area contributed by atoms with Crippen molar-refractivity contribution in [3.63, 3.8) is 0 Å². The van der Waals surface area contributed by atoms with Gasteiger partial charge in [-0.25, -0.2) is 19.6 Å². The molecule has 4 heterocycles. The predicted molar refractivity (Wildman–Crippen MR) is 107 cm³/mol. The van der Waals surface area contributed by atoms with Crippen LogP contribution in [0.1, 0.15) is 5.56 Å². The maximum Gasteiger partial charge on any atom is 0.167 e. The lowest BCUT2D eigenvalue weighted by atomic mass is 10.2. The van der Waals surface area contributed by atoms with Crippen molar-refractivity contribution in [2.75, 3.05) is 5.73 Å².